The third-order valence-electron chi connectivity index (χ3n) is 4.02. The average molecular weight is 341 g/mol. The Labute approximate surface area is 148 Å². The molecule has 0 aromatic heterocycles. The van der Waals surface area contributed by atoms with Crippen LogP contribution in [0.5, 0.6) is 5.75 Å². The van der Waals surface area contributed by atoms with Crippen LogP contribution in [0.15, 0.2) is 54.6 Å². The molecule has 1 amide bonds. The lowest BCUT2D eigenvalue weighted by atomic mass is 9.85. The summed E-state index contributed by atoms with van der Waals surface area (Å²) in [6, 6.07) is 16.4. The van der Waals surface area contributed by atoms with E-state index in [-0.39, 0.29) is 0 Å². The SMILES string of the molecule is COc1ccccc1NC(=O)[C@H](C)OC(=O)C(C)(C)c1ccccc1. The average Bonchev–Trinajstić information content (AvgIpc) is 2.62. The molecule has 132 valence electrons. The molecule has 2 aromatic rings. The zero-order valence-corrected chi connectivity index (χ0v) is 14.9. The number of ether oxygens (including phenoxy) is 2. The first kappa shape index (κ1) is 18.5. The Morgan fingerprint density at radius 2 is 1.60 bits per heavy atom. The molecule has 0 saturated carbocycles. The molecule has 0 unspecified atom stereocenters. The number of carbonyl (C=O) groups is 2. The Morgan fingerprint density at radius 3 is 2.24 bits per heavy atom. The van der Waals surface area contributed by atoms with E-state index in [0.717, 1.165) is 5.56 Å². The normalized spacial score (nSPS) is 12.2. The zero-order valence-electron chi connectivity index (χ0n) is 14.9. The number of nitrogens with one attached hydrogen (secondary N) is 1. The molecule has 2 rings (SSSR count). The first-order valence-electron chi connectivity index (χ1n) is 8.06. The van der Waals surface area contributed by atoms with E-state index < -0.39 is 23.4 Å². The highest BCUT2D eigenvalue weighted by Crippen LogP contribution is 2.26. The van der Waals surface area contributed by atoms with Crippen LogP contribution >= 0.6 is 0 Å². The Hall–Kier alpha value is -2.82. The van der Waals surface area contributed by atoms with Gasteiger partial charge in [-0.1, -0.05) is 42.5 Å². The summed E-state index contributed by atoms with van der Waals surface area (Å²) in [5.74, 6) is -0.331. The summed E-state index contributed by atoms with van der Waals surface area (Å²) in [4.78, 5) is 24.9. The summed E-state index contributed by atoms with van der Waals surface area (Å²) in [6.07, 6.45) is -0.930. The van der Waals surface area contributed by atoms with E-state index in [1.807, 2.05) is 30.3 Å². The molecule has 0 saturated heterocycles. The number of hydrogen-bond acceptors (Lipinski definition) is 4. The molecule has 5 nitrogen and oxygen atoms in total. The van der Waals surface area contributed by atoms with Crippen molar-refractivity contribution in [2.24, 2.45) is 0 Å². The topological polar surface area (TPSA) is 64.6 Å². The van der Waals surface area contributed by atoms with Crippen molar-refractivity contribution in [1.82, 2.24) is 0 Å². The molecular weight excluding hydrogens is 318 g/mol. The second-order valence-corrected chi connectivity index (χ2v) is 6.23. The van der Waals surface area contributed by atoms with Crippen LogP contribution < -0.4 is 10.1 Å². The monoisotopic (exact) mass is 341 g/mol. The summed E-state index contributed by atoms with van der Waals surface area (Å²) in [6.45, 7) is 5.09. The van der Waals surface area contributed by atoms with Crippen LogP contribution in [-0.2, 0) is 19.7 Å². The molecule has 1 atom stereocenters. The number of amides is 1. The fourth-order valence-corrected chi connectivity index (χ4v) is 2.32. The van der Waals surface area contributed by atoms with Crippen LogP contribution in [-0.4, -0.2) is 25.1 Å². The molecule has 5 heteroatoms. The van der Waals surface area contributed by atoms with E-state index in [2.05, 4.69) is 5.32 Å². The maximum atomic E-state index is 12.5. The lowest BCUT2D eigenvalue weighted by Gasteiger charge is -2.25. The highest BCUT2D eigenvalue weighted by atomic mass is 16.5. The highest BCUT2D eigenvalue weighted by molar-refractivity contribution is 5.97. The maximum absolute atomic E-state index is 12.5. The Bertz CT molecular complexity index is 740. The van der Waals surface area contributed by atoms with E-state index in [9.17, 15) is 9.59 Å². The number of benzene rings is 2. The summed E-state index contributed by atoms with van der Waals surface area (Å²) < 4.78 is 10.6. The van der Waals surface area contributed by atoms with Gasteiger partial charge in [0.05, 0.1) is 18.2 Å². The molecular formula is C20H23NO4. The molecule has 2 aromatic carbocycles. The van der Waals surface area contributed by atoms with E-state index in [0.29, 0.717) is 11.4 Å². The second kappa shape index (κ2) is 7.83. The van der Waals surface area contributed by atoms with Crippen LogP contribution in [0.25, 0.3) is 0 Å². The molecule has 0 bridgehead atoms. The lowest BCUT2D eigenvalue weighted by molar-refractivity contribution is -0.158. The van der Waals surface area contributed by atoms with Gasteiger partial charge in [0.1, 0.15) is 5.75 Å². The largest absolute Gasteiger partial charge is 0.495 e. The van der Waals surface area contributed by atoms with Crippen LogP contribution in [0.2, 0.25) is 0 Å². The Morgan fingerprint density at radius 1 is 1.00 bits per heavy atom. The minimum absolute atomic E-state index is 0.415. The molecule has 25 heavy (non-hydrogen) atoms. The number of esters is 1. The molecule has 0 heterocycles. The van der Waals surface area contributed by atoms with Crippen molar-refractivity contribution in [2.45, 2.75) is 32.3 Å². The van der Waals surface area contributed by atoms with Crippen molar-refractivity contribution in [3.05, 3.63) is 60.2 Å². The summed E-state index contributed by atoms with van der Waals surface area (Å²) in [5.41, 5.74) is 0.512. The lowest BCUT2D eigenvalue weighted by Crippen LogP contribution is -2.37. The third-order valence-corrected chi connectivity index (χ3v) is 4.02. The predicted octanol–water partition coefficient (Wildman–Crippen LogP) is 3.54. The highest BCUT2D eigenvalue weighted by Gasteiger charge is 2.33. The molecule has 0 radical (unpaired) electrons. The van der Waals surface area contributed by atoms with E-state index in [4.69, 9.17) is 9.47 Å². The Balaban J connectivity index is 2.04. The van der Waals surface area contributed by atoms with Crippen LogP contribution in [0.3, 0.4) is 0 Å². The molecule has 0 aliphatic heterocycles. The van der Waals surface area contributed by atoms with Gasteiger partial charge in [-0.05, 0) is 38.5 Å². The third kappa shape index (κ3) is 4.38. The van der Waals surface area contributed by atoms with E-state index in [1.165, 1.54) is 7.11 Å². The van der Waals surface area contributed by atoms with Crippen molar-refractivity contribution < 1.29 is 19.1 Å². The van der Waals surface area contributed by atoms with Gasteiger partial charge in [-0.2, -0.15) is 0 Å². The minimum Gasteiger partial charge on any atom is -0.495 e. The minimum atomic E-state index is -0.930. The van der Waals surface area contributed by atoms with Gasteiger partial charge in [-0.15, -0.1) is 0 Å². The standard InChI is InChI=1S/C20H23NO4/c1-14(18(22)21-16-12-8-9-13-17(16)24-4)25-19(23)20(2,3)15-10-6-5-7-11-15/h5-14H,1-4H3,(H,21,22)/t14-/m0/s1. The second-order valence-electron chi connectivity index (χ2n) is 6.23. The van der Waals surface area contributed by atoms with Gasteiger partial charge >= 0.3 is 5.97 Å². The zero-order chi connectivity index (χ0) is 18.4. The summed E-state index contributed by atoms with van der Waals surface area (Å²) >= 11 is 0. The van der Waals surface area contributed by atoms with Gasteiger partial charge in [0.15, 0.2) is 6.10 Å². The first-order chi connectivity index (χ1) is 11.9. The van der Waals surface area contributed by atoms with E-state index >= 15 is 0 Å². The van der Waals surface area contributed by atoms with Crippen molar-refractivity contribution >= 4 is 17.6 Å². The predicted molar refractivity (Wildman–Crippen MR) is 96.6 cm³/mol. The van der Waals surface area contributed by atoms with Gasteiger partial charge in [0, 0.05) is 0 Å². The smallest absolute Gasteiger partial charge is 0.316 e. The van der Waals surface area contributed by atoms with Crippen LogP contribution in [0.4, 0.5) is 5.69 Å². The van der Waals surface area contributed by atoms with Crippen molar-refractivity contribution in [2.75, 3.05) is 12.4 Å². The Kier molecular flexibility index (Phi) is 5.80. The first-order valence-corrected chi connectivity index (χ1v) is 8.06. The molecule has 0 aliphatic rings. The number of carbonyl (C=O) groups excluding carboxylic acids is 2. The molecule has 0 fully saturated rings. The van der Waals surface area contributed by atoms with Gasteiger partial charge in [-0.25, -0.2) is 0 Å². The van der Waals surface area contributed by atoms with Crippen LogP contribution in [0, 0.1) is 0 Å². The summed E-state index contributed by atoms with van der Waals surface area (Å²) in [7, 11) is 1.52. The van der Waals surface area contributed by atoms with Crippen LogP contribution in [0.1, 0.15) is 26.3 Å². The molecule has 1 N–H and O–H groups in total. The van der Waals surface area contributed by atoms with Crippen molar-refractivity contribution in [3.8, 4) is 5.75 Å². The maximum Gasteiger partial charge on any atom is 0.316 e. The fourth-order valence-electron chi connectivity index (χ4n) is 2.32. The van der Waals surface area contributed by atoms with E-state index in [1.54, 1.807) is 45.0 Å². The fraction of sp³-hybridized carbons (Fsp3) is 0.300. The van der Waals surface area contributed by atoms with Gasteiger partial charge < -0.3 is 14.8 Å². The number of methoxy groups -OCH3 is 1. The molecule has 0 spiro atoms. The summed E-state index contributed by atoms with van der Waals surface area (Å²) in [5, 5.41) is 2.72. The number of anilines is 1. The molecule has 0 aliphatic carbocycles. The van der Waals surface area contributed by atoms with Gasteiger partial charge in [0.2, 0.25) is 0 Å². The van der Waals surface area contributed by atoms with Gasteiger partial charge in [0.25, 0.3) is 5.91 Å². The number of rotatable bonds is 6. The van der Waals surface area contributed by atoms with Crippen molar-refractivity contribution in [1.29, 1.82) is 0 Å². The number of para-hydroxylation sites is 2. The van der Waals surface area contributed by atoms with Crippen molar-refractivity contribution in [3.63, 3.8) is 0 Å². The van der Waals surface area contributed by atoms with Gasteiger partial charge in [-0.3, -0.25) is 9.59 Å². The quantitative estimate of drug-likeness (QED) is 0.816. The number of hydrogen-bond donors (Lipinski definition) is 1.